The van der Waals surface area contributed by atoms with Gasteiger partial charge in [0.15, 0.2) is 0 Å². The molecule has 0 saturated carbocycles. The first-order valence-electron chi connectivity index (χ1n) is 4.83. The Hall–Kier alpha value is -1.43. The maximum absolute atomic E-state index is 5.60. The van der Waals surface area contributed by atoms with Crippen molar-refractivity contribution in [2.45, 2.75) is 6.04 Å². The molecule has 2 aromatic rings. The number of hydrogen-bond donors (Lipinski definition) is 2. The highest BCUT2D eigenvalue weighted by Gasteiger charge is 2.16. The molecule has 0 aliphatic carbocycles. The molecule has 16 heavy (non-hydrogen) atoms. The molecule has 0 saturated heterocycles. The van der Waals surface area contributed by atoms with Crippen LogP contribution in [-0.2, 0) is 0 Å². The van der Waals surface area contributed by atoms with Crippen LogP contribution in [0, 0.1) is 0 Å². The Bertz CT molecular complexity index is 444. The third-order valence-electron chi connectivity index (χ3n) is 2.39. The van der Waals surface area contributed by atoms with E-state index in [2.05, 4.69) is 15.8 Å². The van der Waals surface area contributed by atoms with Gasteiger partial charge in [-0.25, -0.2) is 5.43 Å². The summed E-state index contributed by atoms with van der Waals surface area (Å²) in [6.45, 7) is 0. The molecule has 5 heteroatoms. The van der Waals surface area contributed by atoms with Crippen molar-refractivity contribution in [1.82, 2.24) is 10.4 Å². The van der Waals surface area contributed by atoms with Crippen LogP contribution in [-0.4, -0.2) is 12.1 Å². The summed E-state index contributed by atoms with van der Waals surface area (Å²) in [6.07, 6.45) is 3.42. The molecule has 0 bridgehead atoms. The van der Waals surface area contributed by atoms with Gasteiger partial charge in [0.25, 0.3) is 0 Å². The fourth-order valence-electron chi connectivity index (χ4n) is 1.60. The molecule has 84 valence electrons. The van der Waals surface area contributed by atoms with Gasteiger partial charge in [0, 0.05) is 11.8 Å². The molecule has 0 aliphatic heterocycles. The van der Waals surface area contributed by atoms with Crippen LogP contribution < -0.4 is 16.0 Å². The van der Waals surface area contributed by atoms with E-state index in [1.807, 2.05) is 17.5 Å². The Labute approximate surface area is 98.1 Å². The molecule has 0 fully saturated rings. The zero-order valence-corrected chi connectivity index (χ0v) is 9.70. The largest absolute Gasteiger partial charge is 0.495 e. The highest BCUT2D eigenvalue weighted by molar-refractivity contribution is 7.08. The molecule has 2 aromatic heterocycles. The quantitative estimate of drug-likeness (QED) is 0.625. The average Bonchev–Trinajstić information content (AvgIpc) is 2.84. The minimum Gasteiger partial charge on any atom is -0.495 e. The summed E-state index contributed by atoms with van der Waals surface area (Å²) in [5.74, 6) is 6.33. The van der Waals surface area contributed by atoms with E-state index >= 15 is 0 Å². The van der Waals surface area contributed by atoms with Crippen LogP contribution in [0.3, 0.4) is 0 Å². The Morgan fingerprint density at radius 3 is 3.00 bits per heavy atom. The monoisotopic (exact) mass is 235 g/mol. The van der Waals surface area contributed by atoms with Crippen LogP contribution in [0.1, 0.15) is 17.2 Å². The molecule has 2 heterocycles. The zero-order chi connectivity index (χ0) is 11.4. The maximum atomic E-state index is 5.60. The van der Waals surface area contributed by atoms with Crippen LogP contribution in [0.4, 0.5) is 0 Å². The lowest BCUT2D eigenvalue weighted by molar-refractivity contribution is 0.402. The summed E-state index contributed by atoms with van der Waals surface area (Å²) in [4.78, 5) is 4.02. The number of rotatable bonds is 4. The summed E-state index contributed by atoms with van der Waals surface area (Å²) < 4.78 is 5.27. The van der Waals surface area contributed by atoms with Crippen LogP contribution in [0.25, 0.3) is 0 Å². The van der Waals surface area contributed by atoms with Crippen molar-refractivity contribution in [3.05, 3.63) is 46.4 Å². The molecule has 1 atom stereocenters. The fraction of sp³-hybridized carbons (Fsp3) is 0.182. The average molecular weight is 235 g/mol. The number of thiophene rings is 1. The van der Waals surface area contributed by atoms with Crippen LogP contribution >= 0.6 is 11.3 Å². The number of hydrazine groups is 1. The van der Waals surface area contributed by atoms with Gasteiger partial charge in [0.05, 0.1) is 19.3 Å². The summed E-state index contributed by atoms with van der Waals surface area (Å²) in [7, 11) is 1.63. The van der Waals surface area contributed by atoms with E-state index in [4.69, 9.17) is 10.6 Å². The predicted molar refractivity (Wildman–Crippen MR) is 64.3 cm³/mol. The Balaban J connectivity index is 2.41. The van der Waals surface area contributed by atoms with Crippen molar-refractivity contribution in [1.29, 1.82) is 0 Å². The number of pyridine rings is 1. The van der Waals surface area contributed by atoms with Gasteiger partial charge in [-0.1, -0.05) is 0 Å². The fourth-order valence-corrected chi connectivity index (χ4v) is 2.29. The molecule has 0 amide bonds. The van der Waals surface area contributed by atoms with Gasteiger partial charge in [0.2, 0.25) is 0 Å². The molecule has 0 spiro atoms. The van der Waals surface area contributed by atoms with Gasteiger partial charge in [0.1, 0.15) is 5.75 Å². The summed E-state index contributed by atoms with van der Waals surface area (Å²) in [5.41, 5.74) is 4.90. The zero-order valence-electron chi connectivity index (χ0n) is 8.88. The van der Waals surface area contributed by atoms with E-state index in [-0.39, 0.29) is 6.04 Å². The molecule has 0 aromatic carbocycles. The maximum Gasteiger partial charge on any atom is 0.142 e. The topological polar surface area (TPSA) is 60.2 Å². The molecule has 2 rings (SSSR count). The van der Waals surface area contributed by atoms with Crippen molar-refractivity contribution in [2.75, 3.05) is 7.11 Å². The van der Waals surface area contributed by atoms with E-state index in [9.17, 15) is 0 Å². The summed E-state index contributed by atoms with van der Waals surface area (Å²) in [6, 6.07) is 3.88. The van der Waals surface area contributed by atoms with Gasteiger partial charge in [-0.05, 0) is 28.5 Å². The smallest absolute Gasteiger partial charge is 0.142 e. The second-order valence-electron chi connectivity index (χ2n) is 3.27. The number of ether oxygens (including phenoxy) is 1. The number of nitrogens with zero attached hydrogens (tertiary/aromatic N) is 1. The van der Waals surface area contributed by atoms with Crippen LogP contribution in [0.2, 0.25) is 0 Å². The minimum atomic E-state index is -0.0656. The Morgan fingerprint density at radius 2 is 2.38 bits per heavy atom. The van der Waals surface area contributed by atoms with Crippen molar-refractivity contribution >= 4 is 11.3 Å². The Kier molecular flexibility index (Phi) is 3.51. The van der Waals surface area contributed by atoms with Gasteiger partial charge in [-0.2, -0.15) is 11.3 Å². The van der Waals surface area contributed by atoms with Gasteiger partial charge in [-0.3, -0.25) is 10.8 Å². The van der Waals surface area contributed by atoms with E-state index in [1.165, 1.54) is 0 Å². The first-order chi connectivity index (χ1) is 7.86. The predicted octanol–water partition coefficient (Wildman–Crippen LogP) is 1.70. The molecular formula is C11H13N3OS. The molecule has 4 nitrogen and oxygen atoms in total. The second kappa shape index (κ2) is 5.07. The minimum absolute atomic E-state index is 0.0656. The standard InChI is InChI=1S/C11H13N3OS/c1-15-10-6-13-4-2-9(10)11(14-12)8-3-5-16-7-8/h2-7,11,14H,12H2,1H3. The lowest BCUT2D eigenvalue weighted by Crippen LogP contribution is -2.28. The second-order valence-corrected chi connectivity index (χ2v) is 4.05. The van der Waals surface area contributed by atoms with Crippen molar-refractivity contribution < 1.29 is 4.74 Å². The summed E-state index contributed by atoms with van der Waals surface area (Å²) >= 11 is 1.64. The Morgan fingerprint density at radius 1 is 1.50 bits per heavy atom. The first kappa shape index (κ1) is 11.1. The van der Waals surface area contributed by atoms with E-state index in [0.29, 0.717) is 0 Å². The lowest BCUT2D eigenvalue weighted by atomic mass is 10.0. The third-order valence-corrected chi connectivity index (χ3v) is 3.09. The van der Waals surface area contributed by atoms with Gasteiger partial charge >= 0.3 is 0 Å². The number of aromatic nitrogens is 1. The lowest BCUT2D eigenvalue weighted by Gasteiger charge is -2.17. The first-order valence-corrected chi connectivity index (χ1v) is 5.77. The van der Waals surface area contributed by atoms with E-state index in [0.717, 1.165) is 16.9 Å². The number of hydrogen-bond acceptors (Lipinski definition) is 5. The molecule has 3 N–H and O–H groups in total. The molecular weight excluding hydrogens is 222 g/mol. The number of nitrogens with one attached hydrogen (secondary N) is 1. The number of methoxy groups -OCH3 is 1. The van der Waals surface area contributed by atoms with Gasteiger partial charge < -0.3 is 4.74 Å². The molecule has 0 radical (unpaired) electrons. The van der Waals surface area contributed by atoms with Crippen LogP contribution in [0.15, 0.2) is 35.3 Å². The van der Waals surface area contributed by atoms with Crippen LogP contribution in [0.5, 0.6) is 5.75 Å². The van der Waals surface area contributed by atoms with Crippen molar-refractivity contribution in [3.8, 4) is 5.75 Å². The van der Waals surface area contributed by atoms with Crippen molar-refractivity contribution in [3.63, 3.8) is 0 Å². The normalized spacial score (nSPS) is 12.4. The van der Waals surface area contributed by atoms with Crippen molar-refractivity contribution in [2.24, 2.45) is 5.84 Å². The SMILES string of the molecule is COc1cnccc1C(NN)c1ccsc1. The third kappa shape index (κ3) is 2.06. The number of nitrogens with two attached hydrogens (primary N) is 1. The summed E-state index contributed by atoms with van der Waals surface area (Å²) in [5, 5.41) is 4.08. The molecule has 1 unspecified atom stereocenters. The molecule has 0 aliphatic rings. The van der Waals surface area contributed by atoms with E-state index < -0.39 is 0 Å². The van der Waals surface area contributed by atoms with Gasteiger partial charge in [-0.15, -0.1) is 0 Å². The highest BCUT2D eigenvalue weighted by Crippen LogP contribution is 2.29. The highest BCUT2D eigenvalue weighted by atomic mass is 32.1. The van der Waals surface area contributed by atoms with E-state index in [1.54, 1.807) is 30.8 Å².